The van der Waals surface area contributed by atoms with Gasteiger partial charge in [-0.1, -0.05) is 404 Å². The Balaban J connectivity index is -0.0000000196. The highest BCUT2D eigenvalue weighted by atomic mass is 19.0. The Labute approximate surface area is 425 Å². The molecule has 66 heavy (non-hydrogen) atoms. The molecule has 0 aliphatic carbocycles. The molecule has 0 unspecified atom stereocenters. The van der Waals surface area contributed by atoms with Crippen molar-refractivity contribution in [3.05, 3.63) is 255 Å². The van der Waals surface area contributed by atoms with Crippen molar-refractivity contribution in [2.75, 3.05) is 0 Å². The van der Waals surface area contributed by atoms with Gasteiger partial charge in [0.1, 0.15) is 0 Å². The van der Waals surface area contributed by atoms with Crippen LogP contribution in [0.4, 0.5) is 9.41 Å². The highest BCUT2D eigenvalue weighted by Gasteiger charge is 1.61. The zero-order chi connectivity index (χ0) is 43.7. The Kier molecular flexibility index (Phi) is 262. The van der Waals surface area contributed by atoms with Gasteiger partial charge in [0.25, 0.3) is 0 Å². The molecule has 0 aliphatic heterocycles. The van der Waals surface area contributed by atoms with Gasteiger partial charge in [0.2, 0.25) is 0 Å². The number of rotatable bonds is 0. The fourth-order valence-electron chi connectivity index (χ4n) is 2.69. The van der Waals surface area contributed by atoms with Crippen LogP contribution in [0.1, 0.15) is 155 Å². The van der Waals surface area contributed by atoms with Crippen molar-refractivity contribution in [3.63, 3.8) is 0 Å². The van der Waals surface area contributed by atoms with E-state index >= 15 is 0 Å². The fourth-order valence-corrected chi connectivity index (χ4v) is 2.69. The van der Waals surface area contributed by atoms with Gasteiger partial charge in [-0.3, -0.25) is 9.41 Å². The van der Waals surface area contributed by atoms with Crippen LogP contribution >= 0.6 is 0 Å². The Morgan fingerprint density at radius 1 is 0.121 bits per heavy atom. The van der Waals surface area contributed by atoms with Crippen LogP contribution in [-0.2, 0) is 0 Å². The van der Waals surface area contributed by atoms with Gasteiger partial charge in [-0.25, -0.2) is 0 Å². The summed E-state index contributed by atoms with van der Waals surface area (Å²) in [6.07, 6.45) is 0. The maximum atomic E-state index is 2.00. The normalized spacial score (nSPS) is 5.73. The zero-order valence-electron chi connectivity index (χ0n) is 39.6. The first kappa shape index (κ1) is 113. The highest BCUT2D eigenvalue weighted by Crippen LogP contribution is 1.83. The van der Waals surface area contributed by atoms with Crippen molar-refractivity contribution in [3.8, 4) is 0 Å². The first-order valence-corrected chi connectivity index (χ1v) is 21.0. The van der Waals surface area contributed by atoms with Crippen LogP contribution < -0.4 is 0 Å². The minimum Gasteiger partial charge on any atom is -0.269 e. The maximum Gasteiger partial charge on any atom is 0 e. The third kappa shape index (κ3) is 145. The minimum atomic E-state index is 0. The second kappa shape index (κ2) is 153. The van der Waals surface area contributed by atoms with E-state index in [1.165, 1.54) is 0 Å². The van der Waals surface area contributed by atoms with Gasteiger partial charge in [-0.15, -0.1) is 0 Å². The van der Waals surface area contributed by atoms with E-state index in [0.29, 0.717) is 0 Å². The molecular formula is C63H122BF2. The molecule has 0 amide bonds. The average Bonchev–Trinajstić information content (AvgIpc) is 3.38. The quantitative estimate of drug-likeness (QED) is 0.133. The second-order valence-electron chi connectivity index (χ2n) is 8.08. The standard InChI is InChI=1S/7C6H6.7C2H6.7CH4.B.2FH.4H2/c7*1-2-4-6-5-3-1;7*1-2;;;;;;;;;;;;;;/h7*1-6H;7*1-2H3;7*1H4;;6*1H/i;;;;;;;;;;;;;;;;;;;;;;;;4*1+1. The highest BCUT2D eigenvalue weighted by molar-refractivity contribution is 5.75. The molecule has 0 bridgehead atoms. The monoisotopic (exact) mass is 932 g/mol. The van der Waals surface area contributed by atoms with E-state index in [2.05, 4.69) is 0 Å². The summed E-state index contributed by atoms with van der Waals surface area (Å²) in [6.45, 7) is 28.0. The van der Waals surface area contributed by atoms with Crippen LogP contribution in [0.3, 0.4) is 0 Å². The lowest BCUT2D eigenvalue weighted by molar-refractivity contribution is 1.11. The molecule has 0 spiro atoms. The molecule has 0 nitrogen and oxygen atoms in total. The minimum absolute atomic E-state index is 0. The Hall–Kier alpha value is -5.54. The van der Waals surface area contributed by atoms with Crippen LogP contribution in [0.5, 0.6) is 0 Å². The van der Waals surface area contributed by atoms with E-state index in [9.17, 15) is 0 Å². The predicted octanol–water partition coefficient (Wildman–Crippen LogP) is 24.4. The van der Waals surface area contributed by atoms with E-state index < -0.39 is 0 Å². The van der Waals surface area contributed by atoms with Crippen molar-refractivity contribution in [2.45, 2.75) is 149 Å². The number of halogens is 2. The summed E-state index contributed by atoms with van der Waals surface area (Å²) >= 11 is 0. The average molecular weight is 933 g/mol. The van der Waals surface area contributed by atoms with Gasteiger partial charge in [0.05, 0.1) is 0 Å². The fraction of sp³-hybridized carbons (Fsp3) is 0.333. The molecule has 3 radical (unpaired) electrons. The summed E-state index contributed by atoms with van der Waals surface area (Å²) < 4.78 is 0. The second-order valence-corrected chi connectivity index (χ2v) is 8.08. The van der Waals surface area contributed by atoms with Crippen molar-refractivity contribution < 1.29 is 15.1 Å². The lowest BCUT2D eigenvalue weighted by Gasteiger charge is -1.69. The van der Waals surface area contributed by atoms with E-state index in [1.54, 1.807) is 0 Å². The lowest BCUT2D eigenvalue weighted by atomic mass is 10.4. The molecular weight excluding hydrogens is 806 g/mol. The Morgan fingerprint density at radius 2 is 0.136 bits per heavy atom. The summed E-state index contributed by atoms with van der Waals surface area (Å²) in [5.41, 5.74) is 0. The van der Waals surface area contributed by atoms with Crippen molar-refractivity contribution in [1.29, 1.82) is 0 Å². The van der Waals surface area contributed by atoms with Crippen molar-refractivity contribution in [1.82, 2.24) is 0 Å². The van der Waals surface area contributed by atoms with Gasteiger partial charge in [-0.05, 0) is 0 Å². The molecule has 0 fully saturated rings. The van der Waals surface area contributed by atoms with Crippen LogP contribution in [0.25, 0.3) is 0 Å². The predicted molar refractivity (Wildman–Crippen MR) is 331 cm³/mol. The van der Waals surface area contributed by atoms with Crippen LogP contribution in [0, 0.1) is 0 Å². The van der Waals surface area contributed by atoms with Crippen LogP contribution in [0.2, 0.25) is 0 Å². The Morgan fingerprint density at radius 3 is 0.152 bits per heavy atom. The topological polar surface area (TPSA) is 0 Å². The number of hydrogen-bond acceptors (Lipinski definition) is 0. The third-order valence-corrected chi connectivity index (χ3v) is 4.67. The zero-order valence-corrected chi connectivity index (χ0v) is 39.6. The van der Waals surface area contributed by atoms with E-state index in [-0.39, 0.29) is 75.5 Å². The van der Waals surface area contributed by atoms with Gasteiger partial charge in [0.15, 0.2) is 0 Å². The molecule has 391 valence electrons. The smallest absolute Gasteiger partial charge is 0 e. The van der Waals surface area contributed by atoms with E-state index in [0.717, 1.165) is 0 Å². The number of benzene rings is 7. The molecule has 0 atom stereocenters. The molecule has 0 heterocycles. The molecule has 3 heteroatoms. The van der Waals surface area contributed by atoms with Gasteiger partial charge in [-0.2, -0.15) is 0 Å². The summed E-state index contributed by atoms with van der Waals surface area (Å²) in [6, 6.07) is 84.0. The molecule has 7 rings (SSSR count). The van der Waals surface area contributed by atoms with Gasteiger partial charge < -0.3 is 0 Å². The lowest BCUT2D eigenvalue weighted by Crippen LogP contribution is -1.47. The van der Waals surface area contributed by atoms with Gasteiger partial charge in [0, 0.05) is 14.1 Å². The summed E-state index contributed by atoms with van der Waals surface area (Å²) in [7, 11) is 0. The Bertz CT molecular complexity index is 856. The summed E-state index contributed by atoms with van der Waals surface area (Å²) in [4.78, 5) is 0. The molecule has 0 saturated heterocycles. The third-order valence-electron chi connectivity index (χ3n) is 4.67. The van der Waals surface area contributed by atoms with Crippen LogP contribution in [0.15, 0.2) is 255 Å². The van der Waals surface area contributed by atoms with Crippen molar-refractivity contribution in [2.24, 2.45) is 0 Å². The summed E-state index contributed by atoms with van der Waals surface area (Å²) in [5, 5.41) is 0. The first-order chi connectivity index (χ1) is 28.0. The first-order valence-electron chi connectivity index (χ1n) is 21.0. The molecule has 0 N–H and O–H groups in total. The molecule has 0 aliphatic rings. The van der Waals surface area contributed by atoms with E-state index in [4.69, 9.17) is 0 Å². The van der Waals surface area contributed by atoms with Gasteiger partial charge >= 0.3 is 0 Å². The van der Waals surface area contributed by atoms with Crippen LogP contribution in [-0.4, -0.2) is 8.41 Å². The summed E-state index contributed by atoms with van der Waals surface area (Å²) in [5.74, 6) is 0. The van der Waals surface area contributed by atoms with E-state index in [1.807, 2.05) is 352 Å². The van der Waals surface area contributed by atoms with Crippen molar-refractivity contribution >= 4 is 8.41 Å². The molecule has 0 aromatic heterocycles. The largest absolute Gasteiger partial charge is 0.269 e. The SMILES string of the molecule is C.C.C.C.C.C.C.CC.CC.CC.CC.CC.CC.CC.F.F.[2HH].[2HH].[2HH].[2HH].[B].c1ccccc1.c1ccccc1.c1ccccc1.c1ccccc1.c1ccccc1.c1ccccc1.c1ccccc1. The molecule has 0 saturated carbocycles. The maximum absolute atomic E-state index is 2.00. The molecule has 7 aromatic rings. The molecule has 7 aromatic carbocycles. The number of hydrogen-bond donors (Lipinski definition) is 0.